The normalized spacial score (nSPS) is 19.1. The quantitative estimate of drug-likeness (QED) is 0.863. The zero-order valence-corrected chi connectivity index (χ0v) is 11.3. The summed E-state index contributed by atoms with van der Waals surface area (Å²) >= 11 is 1.29. The fourth-order valence-corrected chi connectivity index (χ4v) is 2.90. The molecule has 1 aromatic rings. The minimum Gasteiger partial charge on any atom is -0.492 e. The van der Waals surface area contributed by atoms with Crippen molar-refractivity contribution < 1.29 is 19.4 Å². The third kappa shape index (κ3) is 3.23. The van der Waals surface area contributed by atoms with Gasteiger partial charge in [-0.25, -0.2) is 4.79 Å². The molecular weight excluding hydrogens is 252 g/mol. The Labute approximate surface area is 111 Å². The van der Waals surface area contributed by atoms with E-state index in [0.717, 1.165) is 37.2 Å². The molecule has 1 aromatic heterocycles. The molecule has 1 fully saturated rings. The van der Waals surface area contributed by atoms with Gasteiger partial charge in [-0.3, -0.25) is 0 Å². The lowest BCUT2D eigenvalue weighted by molar-refractivity contribution is 0.0695. The average Bonchev–Trinajstić information content (AvgIpc) is 2.97. The number of aryl methyl sites for hydroxylation is 1. The third-order valence-corrected chi connectivity index (χ3v) is 4.26. The van der Waals surface area contributed by atoms with Crippen molar-refractivity contribution in [1.82, 2.24) is 0 Å². The predicted octanol–water partition coefficient (Wildman–Crippen LogP) is 2.96. The van der Waals surface area contributed by atoms with Crippen LogP contribution in [0.4, 0.5) is 0 Å². The van der Waals surface area contributed by atoms with Gasteiger partial charge in [0.25, 0.3) is 0 Å². The highest BCUT2D eigenvalue weighted by molar-refractivity contribution is 7.14. The molecule has 0 bridgehead atoms. The number of rotatable bonds is 6. The van der Waals surface area contributed by atoms with E-state index in [9.17, 15) is 4.79 Å². The SMILES string of the molecule is CCc1cc(OCCC2CCCO2)c(C(=O)O)s1. The molecule has 2 rings (SSSR count). The van der Waals surface area contributed by atoms with Gasteiger partial charge in [0.15, 0.2) is 4.88 Å². The summed E-state index contributed by atoms with van der Waals surface area (Å²) in [7, 11) is 0. The van der Waals surface area contributed by atoms with E-state index in [1.165, 1.54) is 11.3 Å². The first kappa shape index (κ1) is 13.4. The highest BCUT2D eigenvalue weighted by Crippen LogP contribution is 2.30. The second-order valence-corrected chi connectivity index (χ2v) is 5.47. The predicted molar refractivity (Wildman–Crippen MR) is 69.7 cm³/mol. The van der Waals surface area contributed by atoms with Crippen LogP contribution in [0.5, 0.6) is 5.75 Å². The van der Waals surface area contributed by atoms with Gasteiger partial charge < -0.3 is 14.6 Å². The molecule has 0 spiro atoms. The largest absolute Gasteiger partial charge is 0.492 e. The summed E-state index contributed by atoms with van der Waals surface area (Å²) in [6.07, 6.45) is 4.14. The summed E-state index contributed by atoms with van der Waals surface area (Å²) in [5, 5.41) is 9.09. The molecule has 0 aliphatic carbocycles. The van der Waals surface area contributed by atoms with Crippen molar-refractivity contribution in [2.24, 2.45) is 0 Å². The summed E-state index contributed by atoms with van der Waals surface area (Å²) in [5.41, 5.74) is 0. The molecule has 0 amide bonds. The average molecular weight is 270 g/mol. The van der Waals surface area contributed by atoms with Crippen LogP contribution in [0.2, 0.25) is 0 Å². The smallest absolute Gasteiger partial charge is 0.349 e. The molecule has 1 aliphatic heterocycles. The molecule has 100 valence electrons. The number of thiophene rings is 1. The van der Waals surface area contributed by atoms with Crippen molar-refractivity contribution in [2.45, 2.75) is 38.7 Å². The van der Waals surface area contributed by atoms with E-state index in [1.807, 2.05) is 13.0 Å². The van der Waals surface area contributed by atoms with Gasteiger partial charge in [-0.15, -0.1) is 11.3 Å². The zero-order chi connectivity index (χ0) is 13.0. The molecule has 1 atom stereocenters. The maximum Gasteiger partial charge on any atom is 0.349 e. The van der Waals surface area contributed by atoms with Gasteiger partial charge in [-0.05, 0) is 25.3 Å². The van der Waals surface area contributed by atoms with Gasteiger partial charge in [0.1, 0.15) is 5.75 Å². The Morgan fingerprint density at radius 3 is 3.11 bits per heavy atom. The van der Waals surface area contributed by atoms with Gasteiger partial charge >= 0.3 is 5.97 Å². The first-order chi connectivity index (χ1) is 8.70. The zero-order valence-electron chi connectivity index (χ0n) is 10.5. The van der Waals surface area contributed by atoms with Crippen molar-refractivity contribution in [3.05, 3.63) is 15.8 Å². The Morgan fingerprint density at radius 2 is 2.50 bits per heavy atom. The van der Waals surface area contributed by atoms with Gasteiger partial charge in [0.05, 0.1) is 12.7 Å². The summed E-state index contributed by atoms with van der Waals surface area (Å²) in [6, 6.07) is 1.84. The molecule has 5 heteroatoms. The van der Waals surface area contributed by atoms with E-state index in [-0.39, 0.29) is 6.10 Å². The maximum atomic E-state index is 11.1. The number of carboxylic acid groups (broad SMARTS) is 1. The van der Waals surface area contributed by atoms with Crippen molar-refractivity contribution in [2.75, 3.05) is 13.2 Å². The Kier molecular flexibility index (Phi) is 4.60. The van der Waals surface area contributed by atoms with E-state index in [0.29, 0.717) is 17.2 Å². The van der Waals surface area contributed by atoms with Crippen molar-refractivity contribution in [3.63, 3.8) is 0 Å². The van der Waals surface area contributed by atoms with Crippen LogP contribution in [0.15, 0.2) is 6.07 Å². The number of hydrogen-bond acceptors (Lipinski definition) is 4. The number of hydrogen-bond donors (Lipinski definition) is 1. The van der Waals surface area contributed by atoms with Crippen molar-refractivity contribution >= 4 is 17.3 Å². The van der Waals surface area contributed by atoms with Crippen LogP contribution in [-0.2, 0) is 11.2 Å². The van der Waals surface area contributed by atoms with Crippen LogP contribution in [-0.4, -0.2) is 30.4 Å². The topological polar surface area (TPSA) is 55.8 Å². The van der Waals surface area contributed by atoms with Crippen LogP contribution < -0.4 is 4.74 Å². The number of aromatic carboxylic acids is 1. The molecule has 1 aliphatic rings. The molecule has 18 heavy (non-hydrogen) atoms. The first-order valence-corrected chi connectivity index (χ1v) is 7.12. The third-order valence-electron chi connectivity index (χ3n) is 3.01. The fraction of sp³-hybridized carbons (Fsp3) is 0.615. The van der Waals surface area contributed by atoms with Gasteiger partial charge in [-0.2, -0.15) is 0 Å². The summed E-state index contributed by atoms with van der Waals surface area (Å²) in [5.74, 6) is -0.408. The van der Waals surface area contributed by atoms with Crippen LogP contribution >= 0.6 is 11.3 Å². The molecule has 0 saturated carbocycles. The van der Waals surface area contributed by atoms with Gasteiger partial charge in [0, 0.05) is 17.9 Å². The second-order valence-electron chi connectivity index (χ2n) is 4.34. The molecule has 2 heterocycles. The Balaban J connectivity index is 1.90. The Morgan fingerprint density at radius 1 is 1.67 bits per heavy atom. The maximum absolute atomic E-state index is 11.1. The lowest BCUT2D eigenvalue weighted by Gasteiger charge is -2.10. The van der Waals surface area contributed by atoms with Gasteiger partial charge in [-0.1, -0.05) is 6.92 Å². The van der Waals surface area contributed by atoms with Crippen molar-refractivity contribution in [1.29, 1.82) is 0 Å². The first-order valence-electron chi connectivity index (χ1n) is 6.31. The monoisotopic (exact) mass is 270 g/mol. The van der Waals surface area contributed by atoms with Crippen molar-refractivity contribution in [3.8, 4) is 5.75 Å². The second kappa shape index (κ2) is 6.20. The number of ether oxygens (including phenoxy) is 2. The van der Waals surface area contributed by atoms with Crippen LogP contribution in [0.3, 0.4) is 0 Å². The fourth-order valence-electron chi connectivity index (χ4n) is 2.03. The van der Waals surface area contributed by atoms with E-state index >= 15 is 0 Å². The number of carbonyl (C=O) groups is 1. The lowest BCUT2D eigenvalue weighted by Crippen LogP contribution is -2.11. The highest BCUT2D eigenvalue weighted by atomic mass is 32.1. The summed E-state index contributed by atoms with van der Waals surface area (Å²) < 4.78 is 11.1. The van der Waals surface area contributed by atoms with Crippen LogP contribution in [0.25, 0.3) is 0 Å². The minimum absolute atomic E-state index is 0.280. The standard InChI is InChI=1S/C13H18O4S/c1-2-10-8-11(12(18-10)13(14)15)17-7-5-9-4-3-6-16-9/h8-9H,2-7H2,1H3,(H,14,15). The molecule has 4 nitrogen and oxygen atoms in total. The Hall–Kier alpha value is -1.07. The molecular formula is C13H18O4S. The molecule has 1 unspecified atom stereocenters. The van der Waals surface area contributed by atoms with Crippen LogP contribution in [0.1, 0.15) is 40.7 Å². The molecule has 1 saturated heterocycles. The van der Waals surface area contributed by atoms with E-state index in [4.69, 9.17) is 14.6 Å². The van der Waals surface area contributed by atoms with Crippen LogP contribution in [0, 0.1) is 0 Å². The highest BCUT2D eigenvalue weighted by Gasteiger charge is 2.18. The summed E-state index contributed by atoms with van der Waals surface area (Å²) in [6.45, 7) is 3.36. The van der Waals surface area contributed by atoms with E-state index in [1.54, 1.807) is 0 Å². The van der Waals surface area contributed by atoms with Gasteiger partial charge in [0.2, 0.25) is 0 Å². The number of carboxylic acids is 1. The summed E-state index contributed by atoms with van der Waals surface area (Å²) in [4.78, 5) is 12.4. The lowest BCUT2D eigenvalue weighted by atomic mass is 10.2. The molecule has 1 N–H and O–H groups in total. The molecule has 0 aromatic carbocycles. The minimum atomic E-state index is -0.910. The van der Waals surface area contributed by atoms with E-state index < -0.39 is 5.97 Å². The van der Waals surface area contributed by atoms with E-state index in [2.05, 4.69) is 0 Å². The Bertz CT molecular complexity index is 407. The molecule has 0 radical (unpaired) electrons.